The van der Waals surface area contributed by atoms with Crippen LogP contribution in [0.2, 0.25) is 5.02 Å². The lowest BCUT2D eigenvalue weighted by Gasteiger charge is -2.04. The second-order valence-electron chi connectivity index (χ2n) is 3.59. The minimum Gasteiger partial charge on any atom is -0.344 e. The molecule has 1 heterocycles. The van der Waals surface area contributed by atoms with E-state index >= 15 is 0 Å². The zero-order valence-electron chi connectivity index (χ0n) is 8.76. The van der Waals surface area contributed by atoms with Gasteiger partial charge in [-0.15, -0.1) is 0 Å². The Hall–Kier alpha value is -0.950. The van der Waals surface area contributed by atoms with Crippen molar-refractivity contribution in [2.45, 2.75) is 27.3 Å². The maximum absolute atomic E-state index is 6.21. The highest BCUT2D eigenvalue weighted by Crippen LogP contribution is 2.30. The molecular weight excluding hydrogens is 194 g/mol. The Morgan fingerprint density at radius 1 is 1.29 bits per heavy atom. The smallest absolute Gasteiger partial charge is 0.0674 e. The standard InChI is InChI=1S/C12H14ClN/c1-4-14-9(3)8(2)10-6-5-7-11(13)12(10)14/h5-7H,4H2,1-3H3. The maximum Gasteiger partial charge on any atom is 0.0674 e. The second kappa shape index (κ2) is 3.32. The summed E-state index contributed by atoms with van der Waals surface area (Å²) in [5, 5.41) is 2.12. The number of aromatic nitrogens is 1. The molecule has 0 aliphatic heterocycles. The average molecular weight is 208 g/mol. The van der Waals surface area contributed by atoms with Gasteiger partial charge >= 0.3 is 0 Å². The van der Waals surface area contributed by atoms with Gasteiger partial charge in [-0.2, -0.15) is 0 Å². The lowest BCUT2D eigenvalue weighted by atomic mass is 10.2. The summed E-state index contributed by atoms with van der Waals surface area (Å²) in [6.45, 7) is 7.42. The molecular formula is C12H14ClN. The number of hydrogen-bond acceptors (Lipinski definition) is 0. The summed E-state index contributed by atoms with van der Waals surface area (Å²) in [6, 6.07) is 6.10. The average Bonchev–Trinajstić information content (AvgIpc) is 2.43. The number of halogens is 1. The fourth-order valence-corrected chi connectivity index (χ4v) is 2.33. The van der Waals surface area contributed by atoms with Crippen LogP contribution < -0.4 is 0 Å². The van der Waals surface area contributed by atoms with Crippen molar-refractivity contribution >= 4 is 22.5 Å². The van der Waals surface area contributed by atoms with E-state index in [1.165, 1.54) is 22.2 Å². The lowest BCUT2D eigenvalue weighted by Crippen LogP contribution is -1.96. The van der Waals surface area contributed by atoms with E-state index in [0.717, 1.165) is 11.6 Å². The van der Waals surface area contributed by atoms with E-state index in [1.807, 2.05) is 12.1 Å². The molecule has 0 unspecified atom stereocenters. The molecule has 1 nitrogen and oxygen atoms in total. The number of aryl methyl sites for hydroxylation is 2. The van der Waals surface area contributed by atoms with Gasteiger partial charge < -0.3 is 4.57 Å². The molecule has 1 aromatic heterocycles. The Bertz CT molecular complexity index is 483. The molecule has 74 valence electrons. The molecule has 0 radical (unpaired) electrons. The van der Waals surface area contributed by atoms with Crippen LogP contribution in [-0.4, -0.2) is 4.57 Å². The fraction of sp³-hybridized carbons (Fsp3) is 0.333. The van der Waals surface area contributed by atoms with E-state index in [1.54, 1.807) is 0 Å². The predicted octanol–water partition coefficient (Wildman–Crippen LogP) is 3.93. The second-order valence-corrected chi connectivity index (χ2v) is 4.00. The summed E-state index contributed by atoms with van der Waals surface area (Å²) in [5.74, 6) is 0. The van der Waals surface area contributed by atoms with Gasteiger partial charge in [-0.25, -0.2) is 0 Å². The molecule has 2 aromatic rings. The van der Waals surface area contributed by atoms with Crippen molar-refractivity contribution in [1.82, 2.24) is 4.57 Å². The van der Waals surface area contributed by atoms with E-state index in [2.05, 4.69) is 31.4 Å². The maximum atomic E-state index is 6.21. The van der Waals surface area contributed by atoms with Crippen LogP contribution in [0.5, 0.6) is 0 Å². The monoisotopic (exact) mass is 207 g/mol. The molecule has 0 N–H and O–H groups in total. The van der Waals surface area contributed by atoms with Gasteiger partial charge in [-0.1, -0.05) is 23.7 Å². The van der Waals surface area contributed by atoms with Crippen LogP contribution in [0.4, 0.5) is 0 Å². The number of para-hydroxylation sites is 1. The molecule has 14 heavy (non-hydrogen) atoms. The first kappa shape index (κ1) is 9.60. The molecule has 0 bridgehead atoms. The van der Waals surface area contributed by atoms with Crippen LogP contribution in [0.3, 0.4) is 0 Å². The Morgan fingerprint density at radius 3 is 2.64 bits per heavy atom. The number of hydrogen-bond donors (Lipinski definition) is 0. The normalized spacial score (nSPS) is 11.1. The first-order chi connectivity index (χ1) is 6.66. The summed E-state index contributed by atoms with van der Waals surface area (Å²) in [6.07, 6.45) is 0. The van der Waals surface area contributed by atoms with Gasteiger partial charge in [0.25, 0.3) is 0 Å². The van der Waals surface area contributed by atoms with Gasteiger partial charge in [-0.05, 0) is 32.4 Å². The highest BCUT2D eigenvalue weighted by molar-refractivity contribution is 6.35. The van der Waals surface area contributed by atoms with E-state index in [4.69, 9.17) is 11.6 Å². The molecule has 0 amide bonds. The summed E-state index contributed by atoms with van der Waals surface area (Å²) in [5.41, 5.74) is 3.83. The quantitative estimate of drug-likeness (QED) is 0.668. The first-order valence-electron chi connectivity index (χ1n) is 4.90. The van der Waals surface area contributed by atoms with Crippen LogP contribution in [0.15, 0.2) is 18.2 Å². The molecule has 0 aliphatic rings. The van der Waals surface area contributed by atoms with Crippen molar-refractivity contribution in [1.29, 1.82) is 0 Å². The number of nitrogens with zero attached hydrogens (tertiary/aromatic N) is 1. The third-order valence-electron chi connectivity index (χ3n) is 2.92. The molecule has 2 heteroatoms. The molecule has 1 aromatic carbocycles. The number of fused-ring (bicyclic) bond motifs is 1. The molecule has 0 aliphatic carbocycles. The summed E-state index contributed by atoms with van der Waals surface area (Å²) in [7, 11) is 0. The Kier molecular flexibility index (Phi) is 2.28. The minimum absolute atomic E-state index is 0.848. The van der Waals surface area contributed by atoms with Crippen molar-refractivity contribution in [2.24, 2.45) is 0 Å². The largest absolute Gasteiger partial charge is 0.344 e. The molecule has 0 spiro atoms. The molecule has 0 saturated heterocycles. The van der Waals surface area contributed by atoms with Gasteiger partial charge in [-0.3, -0.25) is 0 Å². The van der Waals surface area contributed by atoms with Crippen molar-refractivity contribution < 1.29 is 0 Å². The van der Waals surface area contributed by atoms with Crippen molar-refractivity contribution in [3.63, 3.8) is 0 Å². The first-order valence-corrected chi connectivity index (χ1v) is 5.28. The highest BCUT2D eigenvalue weighted by atomic mass is 35.5. The lowest BCUT2D eigenvalue weighted by molar-refractivity contribution is 0.766. The molecule has 2 rings (SSSR count). The Morgan fingerprint density at radius 2 is 2.00 bits per heavy atom. The van der Waals surface area contributed by atoms with Gasteiger partial charge in [0.15, 0.2) is 0 Å². The van der Waals surface area contributed by atoms with E-state index in [9.17, 15) is 0 Å². The van der Waals surface area contributed by atoms with Gasteiger partial charge in [0, 0.05) is 17.6 Å². The molecule has 0 saturated carbocycles. The molecule has 0 fully saturated rings. The molecule has 0 atom stereocenters. The zero-order valence-corrected chi connectivity index (χ0v) is 9.52. The van der Waals surface area contributed by atoms with Gasteiger partial charge in [0.2, 0.25) is 0 Å². The SMILES string of the molecule is CCn1c(C)c(C)c2cccc(Cl)c21. The van der Waals surface area contributed by atoms with Crippen LogP contribution >= 0.6 is 11.6 Å². The van der Waals surface area contributed by atoms with Crippen molar-refractivity contribution in [2.75, 3.05) is 0 Å². The summed E-state index contributed by atoms with van der Waals surface area (Å²) < 4.78 is 2.27. The topological polar surface area (TPSA) is 4.93 Å². The number of rotatable bonds is 1. The van der Waals surface area contributed by atoms with Gasteiger partial charge in [0.1, 0.15) is 0 Å². The Balaban J connectivity index is 2.96. The van der Waals surface area contributed by atoms with Crippen LogP contribution in [-0.2, 0) is 6.54 Å². The third-order valence-corrected chi connectivity index (χ3v) is 3.23. The Labute approximate surface area is 89.3 Å². The van der Waals surface area contributed by atoms with E-state index in [0.29, 0.717) is 0 Å². The summed E-state index contributed by atoms with van der Waals surface area (Å²) in [4.78, 5) is 0. The summed E-state index contributed by atoms with van der Waals surface area (Å²) >= 11 is 6.21. The van der Waals surface area contributed by atoms with Crippen LogP contribution in [0.25, 0.3) is 10.9 Å². The van der Waals surface area contributed by atoms with Crippen LogP contribution in [0, 0.1) is 13.8 Å². The van der Waals surface area contributed by atoms with Crippen LogP contribution in [0.1, 0.15) is 18.2 Å². The number of benzene rings is 1. The third kappa shape index (κ3) is 1.16. The predicted molar refractivity (Wildman–Crippen MR) is 62.1 cm³/mol. The van der Waals surface area contributed by atoms with Gasteiger partial charge in [0.05, 0.1) is 10.5 Å². The fourth-order valence-electron chi connectivity index (χ4n) is 2.05. The van der Waals surface area contributed by atoms with E-state index < -0.39 is 0 Å². The zero-order chi connectivity index (χ0) is 10.3. The van der Waals surface area contributed by atoms with Crippen molar-refractivity contribution in [3.05, 3.63) is 34.5 Å². The van der Waals surface area contributed by atoms with Crippen molar-refractivity contribution in [3.8, 4) is 0 Å². The highest BCUT2D eigenvalue weighted by Gasteiger charge is 2.11. The minimum atomic E-state index is 0.848. The van der Waals surface area contributed by atoms with E-state index in [-0.39, 0.29) is 0 Å².